The van der Waals surface area contributed by atoms with Crippen LogP contribution in [0.1, 0.15) is 21.6 Å². The molecule has 0 bridgehead atoms. The van der Waals surface area contributed by atoms with Gasteiger partial charge in [0.1, 0.15) is 5.69 Å². The fourth-order valence-corrected chi connectivity index (χ4v) is 5.27. The number of aromatic amines is 1. The Hall–Kier alpha value is -3.09. The molecule has 0 aliphatic carbocycles. The topological polar surface area (TPSA) is 133 Å². The average molecular weight is 399 g/mol. The molecule has 0 radical (unpaired) electrons. The molecule has 134 valence electrons. The number of carbonyl (C=O) groups is 1. The van der Waals surface area contributed by atoms with Crippen LogP contribution >= 0.6 is 19.0 Å². The van der Waals surface area contributed by atoms with E-state index in [1.165, 1.54) is 25.3 Å². The standard InChI is InChI=1S/C18H12ClN4O3P/c1-26-27(25,13-5-10(8-20)4-11(6-13)9-21)17-14-7-12(19)2-3-15(14)23-16(17)18(22)24/h2-7,23H,1H3,(H2,22,24). The number of nitrogens with two attached hydrogens (primary N) is 1. The highest BCUT2D eigenvalue weighted by atomic mass is 35.5. The van der Waals surface area contributed by atoms with Crippen molar-refractivity contribution >= 4 is 46.4 Å². The number of aromatic nitrogens is 1. The first-order valence-corrected chi connectivity index (χ1v) is 9.57. The van der Waals surface area contributed by atoms with Gasteiger partial charge in [0, 0.05) is 28.3 Å². The maximum Gasteiger partial charge on any atom is 0.266 e. The predicted octanol–water partition coefficient (Wildman–Crippen LogP) is 2.54. The summed E-state index contributed by atoms with van der Waals surface area (Å²) in [5.74, 6) is -0.827. The number of nitriles is 2. The minimum atomic E-state index is -3.89. The minimum absolute atomic E-state index is 0.0500. The number of benzene rings is 2. The highest BCUT2D eigenvalue weighted by Crippen LogP contribution is 2.47. The van der Waals surface area contributed by atoms with Crippen molar-refractivity contribution in [3.05, 3.63) is 58.2 Å². The molecule has 0 spiro atoms. The summed E-state index contributed by atoms with van der Waals surface area (Å²) in [7, 11) is -2.67. The molecule has 0 saturated heterocycles. The molecule has 1 aromatic heterocycles. The van der Waals surface area contributed by atoms with Crippen LogP contribution < -0.4 is 16.3 Å². The zero-order chi connectivity index (χ0) is 19.8. The van der Waals surface area contributed by atoms with E-state index in [2.05, 4.69) is 4.98 Å². The van der Waals surface area contributed by atoms with E-state index in [1.807, 2.05) is 12.1 Å². The Balaban J connectivity index is 2.43. The highest BCUT2D eigenvalue weighted by molar-refractivity contribution is 7.75. The smallest absolute Gasteiger partial charge is 0.266 e. The summed E-state index contributed by atoms with van der Waals surface area (Å²) >= 11 is 6.07. The summed E-state index contributed by atoms with van der Waals surface area (Å²) in [4.78, 5) is 14.8. The number of hydrogen-bond acceptors (Lipinski definition) is 5. The molecule has 0 fully saturated rings. The summed E-state index contributed by atoms with van der Waals surface area (Å²) in [5, 5.41) is 19.4. The minimum Gasteiger partial charge on any atom is -0.364 e. The molecular weight excluding hydrogens is 387 g/mol. The van der Waals surface area contributed by atoms with E-state index in [-0.39, 0.29) is 27.4 Å². The number of primary amides is 1. The molecule has 9 heteroatoms. The normalized spacial score (nSPS) is 12.9. The maximum absolute atomic E-state index is 13.9. The Bertz CT molecular complexity index is 1190. The summed E-state index contributed by atoms with van der Waals surface area (Å²) in [6, 6.07) is 12.7. The molecule has 2 aromatic carbocycles. The molecule has 1 heterocycles. The van der Waals surface area contributed by atoms with E-state index >= 15 is 0 Å². The predicted molar refractivity (Wildman–Crippen MR) is 102 cm³/mol. The highest BCUT2D eigenvalue weighted by Gasteiger charge is 2.36. The average Bonchev–Trinajstić information content (AvgIpc) is 3.06. The zero-order valence-corrected chi connectivity index (χ0v) is 15.6. The molecule has 7 nitrogen and oxygen atoms in total. The fourth-order valence-electron chi connectivity index (χ4n) is 2.87. The molecule has 3 N–H and O–H groups in total. The van der Waals surface area contributed by atoms with Gasteiger partial charge in [0.05, 0.1) is 28.6 Å². The summed E-state index contributed by atoms with van der Waals surface area (Å²) in [5.41, 5.74) is 6.16. The molecule has 3 aromatic rings. The van der Waals surface area contributed by atoms with Crippen molar-refractivity contribution in [1.29, 1.82) is 10.5 Å². The van der Waals surface area contributed by atoms with Crippen molar-refractivity contribution in [2.45, 2.75) is 0 Å². The third-order valence-electron chi connectivity index (χ3n) is 4.05. The lowest BCUT2D eigenvalue weighted by Gasteiger charge is -2.18. The van der Waals surface area contributed by atoms with Gasteiger partial charge in [0.15, 0.2) is 0 Å². The Morgan fingerprint density at radius 2 is 1.81 bits per heavy atom. The molecule has 1 atom stereocenters. The van der Waals surface area contributed by atoms with Gasteiger partial charge in [-0.15, -0.1) is 0 Å². The number of H-pyrrole nitrogens is 1. The van der Waals surface area contributed by atoms with Gasteiger partial charge in [0.2, 0.25) is 0 Å². The van der Waals surface area contributed by atoms with E-state index < -0.39 is 13.3 Å². The zero-order valence-electron chi connectivity index (χ0n) is 14.0. The number of nitrogens with one attached hydrogen (secondary N) is 1. The molecule has 0 aliphatic heterocycles. The van der Waals surface area contributed by atoms with Gasteiger partial charge >= 0.3 is 0 Å². The lowest BCUT2D eigenvalue weighted by Crippen LogP contribution is -2.26. The van der Waals surface area contributed by atoms with Crippen molar-refractivity contribution < 1.29 is 13.9 Å². The number of halogens is 1. The van der Waals surface area contributed by atoms with Crippen LogP contribution in [0.5, 0.6) is 0 Å². The van der Waals surface area contributed by atoms with Crippen LogP contribution in [0.2, 0.25) is 5.02 Å². The second-order valence-corrected chi connectivity index (χ2v) is 8.50. The van der Waals surface area contributed by atoms with Crippen LogP contribution in [0, 0.1) is 22.7 Å². The first kappa shape index (κ1) is 18.7. The van der Waals surface area contributed by atoms with Gasteiger partial charge in [-0.05, 0) is 36.4 Å². The van der Waals surface area contributed by atoms with Crippen molar-refractivity contribution in [3.8, 4) is 12.1 Å². The largest absolute Gasteiger partial charge is 0.364 e. The van der Waals surface area contributed by atoms with Crippen molar-refractivity contribution in [2.24, 2.45) is 5.73 Å². The van der Waals surface area contributed by atoms with Crippen LogP contribution in [0.15, 0.2) is 36.4 Å². The van der Waals surface area contributed by atoms with E-state index in [4.69, 9.17) is 21.9 Å². The number of hydrogen-bond donors (Lipinski definition) is 2. The third kappa shape index (κ3) is 3.09. The number of fused-ring (bicyclic) bond motifs is 1. The SMILES string of the molecule is COP(=O)(c1cc(C#N)cc(C#N)c1)c1c(C(N)=O)[nH]c2ccc(Cl)cc12. The molecule has 3 rings (SSSR count). The van der Waals surface area contributed by atoms with Gasteiger partial charge in [-0.2, -0.15) is 10.5 Å². The van der Waals surface area contributed by atoms with E-state index in [0.717, 1.165) is 0 Å². The summed E-state index contributed by atoms with van der Waals surface area (Å²) in [6.45, 7) is 0. The summed E-state index contributed by atoms with van der Waals surface area (Å²) < 4.78 is 19.3. The lowest BCUT2D eigenvalue weighted by atomic mass is 10.1. The van der Waals surface area contributed by atoms with Crippen molar-refractivity contribution in [3.63, 3.8) is 0 Å². The van der Waals surface area contributed by atoms with Crippen molar-refractivity contribution in [2.75, 3.05) is 7.11 Å². The van der Waals surface area contributed by atoms with Crippen LogP contribution in [0.25, 0.3) is 10.9 Å². The number of nitrogens with zero attached hydrogens (tertiary/aromatic N) is 2. The first-order valence-electron chi connectivity index (χ1n) is 7.57. The summed E-state index contributed by atoms with van der Waals surface area (Å²) in [6.07, 6.45) is 0. The van der Waals surface area contributed by atoms with Gasteiger partial charge < -0.3 is 15.2 Å². The number of amides is 1. The Labute approximate surface area is 159 Å². The monoisotopic (exact) mass is 398 g/mol. The molecule has 0 saturated carbocycles. The Morgan fingerprint density at radius 1 is 1.19 bits per heavy atom. The second-order valence-electron chi connectivity index (χ2n) is 5.63. The van der Waals surface area contributed by atoms with E-state index in [0.29, 0.717) is 15.9 Å². The molecule has 1 unspecified atom stereocenters. The fraction of sp³-hybridized carbons (Fsp3) is 0.0556. The van der Waals surface area contributed by atoms with Crippen LogP contribution in [0.4, 0.5) is 0 Å². The van der Waals surface area contributed by atoms with E-state index in [1.54, 1.807) is 18.2 Å². The second kappa shape index (κ2) is 6.90. The van der Waals surface area contributed by atoms with Gasteiger partial charge in [-0.25, -0.2) is 0 Å². The molecule has 0 aliphatic rings. The van der Waals surface area contributed by atoms with Crippen LogP contribution in [-0.4, -0.2) is 18.0 Å². The quantitative estimate of drug-likeness (QED) is 0.651. The van der Waals surface area contributed by atoms with Crippen LogP contribution in [-0.2, 0) is 9.09 Å². The van der Waals surface area contributed by atoms with Gasteiger partial charge in [-0.1, -0.05) is 11.6 Å². The number of carbonyl (C=O) groups excluding carboxylic acids is 1. The van der Waals surface area contributed by atoms with Crippen LogP contribution in [0.3, 0.4) is 0 Å². The Kier molecular flexibility index (Phi) is 4.78. The van der Waals surface area contributed by atoms with E-state index in [9.17, 15) is 19.9 Å². The Morgan fingerprint density at radius 3 is 2.33 bits per heavy atom. The van der Waals surface area contributed by atoms with Gasteiger partial charge in [-0.3, -0.25) is 9.36 Å². The third-order valence-corrected chi connectivity index (χ3v) is 6.79. The number of rotatable bonds is 4. The lowest BCUT2D eigenvalue weighted by molar-refractivity contribution is 0.0997. The molecule has 27 heavy (non-hydrogen) atoms. The maximum atomic E-state index is 13.9. The molecule has 1 amide bonds. The van der Waals surface area contributed by atoms with Crippen molar-refractivity contribution in [1.82, 2.24) is 4.98 Å². The molecular formula is C18H12ClN4O3P. The first-order chi connectivity index (χ1) is 12.8. The van der Waals surface area contributed by atoms with Gasteiger partial charge in [0.25, 0.3) is 13.3 Å².